The van der Waals surface area contributed by atoms with Crippen molar-refractivity contribution >= 4 is 23.2 Å². The molecule has 0 aliphatic heterocycles. The molecule has 0 aromatic heterocycles. The van der Waals surface area contributed by atoms with Gasteiger partial charge in [-0.1, -0.05) is 27.7 Å². The van der Waals surface area contributed by atoms with Gasteiger partial charge in [0.05, 0.1) is 0 Å². The molecule has 0 radical (unpaired) electrons. The summed E-state index contributed by atoms with van der Waals surface area (Å²) in [4.78, 5) is 23.6. The van der Waals surface area contributed by atoms with E-state index in [-0.39, 0.29) is 17.7 Å². The first-order chi connectivity index (χ1) is 9.96. The summed E-state index contributed by atoms with van der Waals surface area (Å²) in [6, 6.07) is 7.23. The molecule has 1 rings (SSSR count). The molecule has 0 unspecified atom stereocenters. The Bertz CT molecular complexity index is 462. The zero-order valence-electron chi connectivity index (χ0n) is 13.4. The molecule has 0 fully saturated rings. The minimum Gasteiger partial charge on any atom is -0.326 e. The molecule has 0 saturated carbocycles. The highest BCUT2D eigenvalue weighted by molar-refractivity contribution is 5.93. The van der Waals surface area contributed by atoms with E-state index in [9.17, 15) is 9.59 Å². The molecule has 0 bridgehead atoms. The highest BCUT2D eigenvalue weighted by atomic mass is 16.2. The SMILES string of the molecule is CCC(CC)C(=O)Nc1ccc(NC(=O)CC(C)C)cc1. The van der Waals surface area contributed by atoms with E-state index in [1.165, 1.54) is 0 Å². The minimum atomic E-state index is 0.0128. The molecule has 0 saturated heterocycles. The van der Waals surface area contributed by atoms with Gasteiger partial charge in [-0.05, 0) is 43.0 Å². The lowest BCUT2D eigenvalue weighted by molar-refractivity contribution is -0.120. The third-order valence-electron chi connectivity index (χ3n) is 3.39. The molecule has 0 heterocycles. The molecule has 1 aromatic carbocycles. The second-order valence-electron chi connectivity index (χ2n) is 5.73. The van der Waals surface area contributed by atoms with E-state index in [1.807, 2.05) is 39.8 Å². The van der Waals surface area contributed by atoms with E-state index >= 15 is 0 Å². The van der Waals surface area contributed by atoms with Crippen LogP contribution in [0.25, 0.3) is 0 Å². The number of carbonyl (C=O) groups excluding carboxylic acids is 2. The Balaban J connectivity index is 2.58. The predicted molar refractivity (Wildman–Crippen MR) is 87.2 cm³/mol. The number of hydrogen-bond donors (Lipinski definition) is 2. The zero-order valence-corrected chi connectivity index (χ0v) is 13.4. The number of nitrogens with one attached hydrogen (secondary N) is 2. The van der Waals surface area contributed by atoms with Crippen molar-refractivity contribution in [2.45, 2.75) is 47.0 Å². The Labute approximate surface area is 127 Å². The topological polar surface area (TPSA) is 58.2 Å². The molecule has 4 heteroatoms. The maximum absolute atomic E-state index is 12.0. The number of rotatable bonds is 7. The van der Waals surface area contributed by atoms with Crippen LogP contribution in [0.2, 0.25) is 0 Å². The smallest absolute Gasteiger partial charge is 0.227 e. The molecule has 0 spiro atoms. The average molecular weight is 290 g/mol. The summed E-state index contributed by atoms with van der Waals surface area (Å²) < 4.78 is 0. The second-order valence-corrected chi connectivity index (χ2v) is 5.73. The van der Waals surface area contributed by atoms with Crippen molar-refractivity contribution in [3.05, 3.63) is 24.3 Å². The number of carbonyl (C=O) groups is 2. The van der Waals surface area contributed by atoms with Crippen molar-refractivity contribution in [3.8, 4) is 0 Å². The van der Waals surface area contributed by atoms with Crippen LogP contribution in [0, 0.1) is 11.8 Å². The van der Waals surface area contributed by atoms with Gasteiger partial charge in [0, 0.05) is 23.7 Å². The molecule has 4 nitrogen and oxygen atoms in total. The molecule has 0 atom stereocenters. The lowest BCUT2D eigenvalue weighted by Crippen LogP contribution is -2.21. The van der Waals surface area contributed by atoms with Gasteiger partial charge in [0.25, 0.3) is 0 Å². The van der Waals surface area contributed by atoms with E-state index in [1.54, 1.807) is 12.1 Å². The summed E-state index contributed by atoms with van der Waals surface area (Å²) >= 11 is 0. The molecule has 2 amide bonds. The van der Waals surface area contributed by atoms with Crippen molar-refractivity contribution in [3.63, 3.8) is 0 Å². The first kappa shape index (κ1) is 17.2. The standard InChI is InChI=1S/C17H26N2O2/c1-5-13(6-2)17(21)19-15-9-7-14(8-10-15)18-16(20)11-12(3)4/h7-10,12-13H,5-6,11H2,1-4H3,(H,18,20)(H,19,21). The van der Waals surface area contributed by atoms with Gasteiger partial charge in [-0.25, -0.2) is 0 Å². The predicted octanol–water partition coefficient (Wildman–Crippen LogP) is 4.05. The fourth-order valence-corrected chi connectivity index (χ4v) is 2.12. The third kappa shape index (κ3) is 5.98. The second kappa shape index (κ2) is 8.45. The van der Waals surface area contributed by atoms with E-state index in [4.69, 9.17) is 0 Å². The van der Waals surface area contributed by atoms with Gasteiger partial charge >= 0.3 is 0 Å². The van der Waals surface area contributed by atoms with Gasteiger partial charge in [0.2, 0.25) is 11.8 Å². The Morgan fingerprint density at radius 3 is 1.86 bits per heavy atom. The Kier molecular flexibility index (Phi) is 6.92. The molecule has 0 aliphatic carbocycles. The first-order valence-corrected chi connectivity index (χ1v) is 7.67. The molecular weight excluding hydrogens is 264 g/mol. The van der Waals surface area contributed by atoms with Gasteiger partial charge in [-0.15, -0.1) is 0 Å². The summed E-state index contributed by atoms with van der Waals surface area (Å²) in [5, 5.41) is 5.75. The van der Waals surface area contributed by atoms with Crippen LogP contribution in [0.1, 0.15) is 47.0 Å². The summed E-state index contributed by atoms with van der Waals surface area (Å²) in [7, 11) is 0. The van der Waals surface area contributed by atoms with Crippen LogP contribution in [-0.2, 0) is 9.59 Å². The van der Waals surface area contributed by atoms with Crippen LogP contribution in [-0.4, -0.2) is 11.8 Å². The van der Waals surface area contributed by atoms with Crippen molar-refractivity contribution < 1.29 is 9.59 Å². The molecule has 21 heavy (non-hydrogen) atoms. The van der Waals surface area contributed by atoms with Gasteiger partial charge in [0.15, 0.2) is 0 Å². The van der Waals surface area contributed by atoms with Crippen LogP contribution >= 0.6 is 0 Å². The number of amides is 2. The van der Waals surface area contributed by atoms with Crippen LogP contribution in [0.15, 0.2) is 24.3 Å². The summed E-state index contributed by atoms with van der Waals surface area (Å²) in [6.07, 6.45) is 2.19. The molecule has 1 aromatic rings. The van der Waals surface area contributed by atoms with E-state index in [2.05, 4.69) is 10.6 Å². The summed E-state index contributed by atoms with van der Waals surface area (Å²) in [5.41, 5.74) is 1.51. The highest BCUT2D eigenvalue weighted by Crippen LogP contribution is 2.17. The van der Waals surface area contributed by atoms with E-state index in [0.717, 1.165) is 24.2 Å². The van der Waals surface area contributed by atoms with Gasteiger partial charge in [-0.2, -0.15) is 0 Å². The number of benzene rings is 1. The number of anilines is 2. The largest absolute Gasteiger partial charge is 0.326 e. The molecule has 2 N–H and O–H groups in total. The maximum atomic E-state index is 12.0. The van der Waals surface area contributed by atoms with Crippen LogP contribution in [0.4, 0.5) is 11.4 Å². The van der Waals surface area contributed by atoms with E-state index < -0.39 is 0 Å². The van der Waals surface area contributed by atoms with Crippen molar-refractivity contribution in [2.24, 2.45) is 11.8 Å². The van der Waals surface area contributed by atoms with Gasteiger partial charge in [-0.3, -0.25) is 9.59 Å². The lowest BCUT2D eigenvalue weighted by atomic mass is 10.0. The Morgan fingerprint density at radius 1 is 0.952 bits per heavy atom. The Morgan fingerprint density at radius 2 is 1.43 bits per heavy atom. The van der Waals surface area contributed by atoms with E-state index in [0.29, 0.717) is 12.3 Å². The number of hydrogen-bond acceptors (Lipinski definition) is 2. The Hall–Kier alpha value is -1.84. The monoisotopic (exact) mass is 290 g/mol. The third-order valence-corrected chi connectivity index (χ3v) is 3.39. The van der Waals surface area contributed by atoms with Crippen LogP contribution in [0.5, 0.6) is 0 Å². The van der Waals surface area contributed by atoms with Crippen molar-refractivity contribution in [2.75, 3.05) is 10.6 Å². The van der Waals surface area contributed by atoms with Crippen LogP contribution < -0.4 is 10.6 Å². The average Bonchev–Trinajstić information content (AvgIpc) is 2.41. The highest BCUT2D eigenvalue weighted by Gasteiger charge is 2.14. The molecular formula is C17H26N2O2. The first-order valence-electron chi connectivity index (χ1n) is 7.67. The van der Waals surface area contributed by atoms with Gasteiger partial charge in [0.1, 0.15) is 0 Å². The molecule has 0 aliphatic rings. The van der Waals surface area contributed by atoms with Crippen molar-refractivity contribution in [1.29, 1.82) is 0 Å². The summed E-state index contributed by atoms with van der Waals surface area (Å²) in [6.45, 7) is 8.05. The summed E-state index contributed by atoms with van der Waals surface area (Å²) in [5.74, 6) is 0.453. The zero-order chi connectivity index (χ0) is 15.8. The maximum Gasteiger partial charge on any atom is 0.227 e. The van der Waals surface area contributed by atoms with Gasteiger partial charge < -0.3 is 10.6 Å². The fraction of sp³-hybridized carbons (Fsp3) is 0.529. The molecule has 116 valence electrons. The normalized spacial score (nSPS) is 10.8. The minimum absolute atomic E-state index is 0.0128. The lowest BCUT2D eigenvalue weighted by Gasteiger charge is -2.13. The van der Waals surface area contributed by atoms with Crippen molar-refractivity contribution in [1.82, 2.24) is 0 Å². The fourth-order valence-electron chi connectivity index (χ4n) is 2.12. The quantitative estimate of drug-likeness (QED) is 0.796. The van der Waals surface area contributed by atoms with Crippen LogP contribution in [0.3, 0.4) is 0 Å².